The van der Waals surface area contributed by atoms with Gasteiger partial charge < -0.3 is 19.7 Å². The first-order chi connectivity index (χ1) is 16.4. The van der Waals surface area contributed by atoms with Crippen molar-refractivity contribution in [1.29, 1.82) is 0 Å². The van der Waals surface area contributed by atoms with Crippen molar-refractivity contribution < 1.29 is 24.0 Å². The molecular formula is C23H26N4O6S. The third-order valence-corrected chi connectivity index (χ3v) is 6.67. The molecule has 1 amide bonds. The van der Waals surface area contributed by atoms with E-state index >= 15 is 0 Å². The maximum atomic E-state index is 12.9. The van der Waals surface area contributed by atoms with Gasteiger partial charge in [-0.15, -0.1) is 0 Å². The molecule has 0 aromatic heterocycles. The molecule has 4 rings (SSSR count). The number of carbonyl (C=O) groups excluding carboxylic acids is 2. The van der Waals surface area contributed by atoms with E-state index in [1.165, 1.54) is 23.9 Å². The number of nitrogens with zero attached hydrogens (tertiary/aromatic N) is 3. The molecule has 1 aromatic carbocycles. The van der Waals surface area contributed by atoms with E-state index in [9.17, 15) is 19.7 Å². The second-order valence-corrected chi connectivity index (χ2v) is 8.92. The van der Waals surface area contributed by atoms with Crippen LogP contribution in [0.3, 0.4) is 0 Å². The van der Waals surface area contributed by atoms with E-state index in [4.69, 9.17) is 9.47 Å². The number of allylic oxidation sites excluding steroid dienone is 1. The molecular weight excluding hydrogens is 460 g/mol. The fourth-order valence-corrected chi connectivity index (χ4v) is 5.19. The fourth-order valence-electron chi connectivity index (χ4n) is 4.22. The monoisotopic (exact) mass is 486 g/mol. The maximum absolute atomic E-state index is 12.9. The molecule has 0 aliphatic carbocycles. The largest absolute Gasteiger partial charge is 0.463 e. The van der Waals surface area contributed by atoms with Gasteiger partial charge in [0, 0.05) is 31.0 Å². The van der Waals surface area contributed by atoms with E-state index in [0.29, 0.717) is 40.8 Å². The Kier molecular flexibility index (Phi) is 7.32. The van der Waals surface area contributed by atoms with Crippen LogP contribution in [0.2, 0.25) is 0 Å². The first-order valence-corrected chi connectivity index (χ1v) is 12.0. The number of nitro groups is 1. The van der Waals surface area contributed by atoms with Gasteiger partial charge in [0.1, 0.15) is 0 Å². The summed E-state index contributed by atoms with van der Waals surface area (Å²) in [4.78, 5) is 43.0. The summed E-state index contributed by atoms with van der Waals surface area (Å²) in [5, 5.41) is 16.8. The minimum atomic E-state index is -0.710. The van der Waals surface area contributed by atoms with E-state index in [0.717, 1.165) is 12.8 Å². The average molecular weight is 487 g/mol. The zero-order chi connectivity index (χ0) is 24.2. The standard InChI is InChI=1S/C23H26N4O6S/c1-3-32-22(29)20-14(2)25-23-26(21(20)15-6-4-7-16(10-15)27(30)31)17(13-34-23)11-19(28)24-12-18-8-5-9-33-18/h4,6-7,10,13,18,21H,3,5,8-9,11-12H2,1-2H3,(H,24,28). The number of hydrogen-bond donors (Lipinski definition) is 1. The number of benzene rings is 1. The van der Waals surface area contributed by atoms with Crippen LogP contribution in [0.1, 0.15) is 44.7 Å². The van der Waals surface area contributed by atoms with Gasteiger partial charge in [0.25, 0.3) is 5.69 Å². The molecule has 1 aromatic rings. The van der Waals surface area contributed by atoms with E-state index in [-0.39, 0.29) is 30.7 Å². The van der Waals surface area contributed by atoms with Gasteiger partial charge in [0.15, 0.2) is 5.17 Å². The van der Waals surface area contributed by atoms with Crippen LogP contribution in [0.4, 0.5) is 5.69 Å². The molecule has 0 spiro atoms. The van der Waals surface area contributed by atoms with E-state index in [1.54, 1.807) is 30.9 Å². The van der Waals surface area contributed by atoms with Gasteiger partial charge in [-0.05, 0) is 37.7 Å². The van der Waals surface area contributed by atoms with Gasteiger partial charge in [-0.2, -0.15) is 0 Å². The van der Waals surface area contributed by atoms with Crippen molar-refractivity contribution in [3.8, 4) is 0 Å². The quantitative estimate of drug-likeness (QED) is 0.337. The zero-order valence-corrected chi connectivity index (χ0v) is 19.8. The average Bonchev–Trinajstić information content (AvgIpc) is 3.47. The number of ether oxygens (including phenoxy) is 2. The Labute approximate surface area is 201 Å². The highest BCUT2D eigenvalue weighted by atomic mass is 32.2. The number of aliphatic imine (C=N–C) groups is 1. The summed E-state index contributed by atoms with van der Waals surface area (Å²) >= 11 is 1.35. The first-order valence-electron chi connectivity index (χ1n) is 11.1. The summed E-state index contributed by atoms with van der Waals surface area (Å²) in [6, 6.07) is 5.44. The summed E-state index contributed by atoms with van der Waals surface area (Å²) in [6.07, 6.45) is 2.01. The number of amidine groups is 1. The molecule has 11 heteroatoms. The Bertz CT molecular complexity index is 1090. The lowest BCUT2D eigenvalue weighted by molar-refractivity contribution is -0.384. The second-order valence-electron chi connectivity index (χ2n) is 8.08. The highest BCUT2D eigenvalue weighted by Crippen LogP contribution is 2.45. The number of nitrogens with one attached hydrogen (secondary N) is 1. The molecule has 2 unspecified atom stereocenters. The van der Waals surface area contributed by atoms with E-state index < -0.39 is 16.9 Å². The number of fused-ring (bicyclic) bond motifs is 1. The number of amides is 1. The van der Waals surface area contributed by atoms with Crippen molar-refractivity contribution >= 4 is 34.5 Å². The number of hydrogen-bond acceptors (Lipinski definition) is 9. The Balaban J connectivity index is 1.64. The number of nitro benzene ring substituents is 1. The molecule has 10 nitrogen and oxygen atoms in total. The molecule has 1 saturated heterocycles. The van der Waals surface area contributed by atoms with Crippen molar-refractivity contribution in [2.24, 2.45) is 4.99 Å². The van der Waals surface area contributed by atoms with Crippen LogP contribution in [0, 0.1) is 10.1 Å². The number of thioether (sulfide) groups is 1. The lowest BCUT2D eigenvalue weighted by Crippen LogP contribution is -2.38. The summed E-state index contributed by atoms with van der Waals surface area (Å²) in [6.45, 7) is 4.76. The van der Waals surface area contributed by atoms with Crippen LogP contribution in [0.5, 0.6) is 0 Å². The van der Waals surface area contributed by atoms with Crippen molar-refractivity contribution in [1.82, 2.24) is 10.2 Å². The number of carbonyl (C=O) groups is 2. The van der Waals surface area contributed by atoms with Crippen LogP contribution in [-0.2, 0) is 19.1 Å². The molecule has 2 atom stereocenters. The Hall–Kier alpha value is -3.18. The summed E-state index contributed by atoms with van der Waals surface area (Å²) in [5.41, 5.74) is 1.87. The third-order valence-electron chi connectivity index (χ3n) is 5.79. The van der Waals surface area contributed by atoms with Crippen LogP contribution in [0.15, 0.2) is 51.6 Å². The van der Waals surface area contributed by atoms with Crippen molar-refractivity contribution in [3.63, 3.8) is 0 Å². The zero-order valence-electron chi connectivity index (χ0n) is 19.0. The Morgan fingerprint density at radius 2 is 2.24 bits per heavy atom. The van der Waals surface area contributed by atoms with E-state index in [2.05, 4.69) is 10.3 Å². The topological polar surface area (TPSA) is 123 Å². The second kappa shape index (κ2) is 10.4. The van der Waals surface area contributed by atoms with Gasteiger partial charge in [-0.1, -0.05) is 23.9 Å². The van der Waals surface area contributed by atoms with Crippen molar-refractivity contribution in [2.75, 3.05) is 19.8 Å². The Morgan fingerprint density at radius 3 is 2.94 bits per heavy atom. The lowest BCUT2D eigenvalue weighted by Gasteiger charge is -2.36. The van der Waals surface area contributed by atoms with Gasteiger partial charge in [-0.3, -0.25) is 14.9 Å². The van der Waals surface area contributed by atoms with Crippen molar-refractivity contribution in [2.45, 2.75) is 45.3 Å². The van der Waals surface area contributed by atoms with Gasteiger partial charge in [0.05, 0.1) is 41.4 Å². The molecule has 1 fully saturated rings. The van der Waals surface area contributed by atoms with Crippen LogP contribution in [-0.4, -0.2) is 52.7 Å². The van der Waals surface area contributed by atoms with Crippen LogP contribution < -0.4 is 5.32 Å². The van der Waals surface area contributed by atoms with Crippen LogP contribution >= 0.6 is 11.8 Å². The van der Waals surface area contributed by atoms with Crippen LogP contribution in [0.25, 0.3) is 0 Å². The highest BCUT2D eigenvalue weighted by molar-refractivity contribution is 8.16. The smallest absolute Gasteiger partial charge is 0.338 e. The fraction of sp³-hybridized carbons (Fsp3) is 0.435. The molecule has 0 radical (unpaired) electrons. The normalized spacial score (nSPS) is 21.6. The third kappa shape index (κ3) is 5.00. The predicted molar refractivity (Wildman–Crippen MR) is 127 cm³/mol. The number of non-ortho nitro benzene ring substituents is 1. The van der Waals surface area contributed by atoms with Crippen molar-refractivity contribution in [3.05, 3.63) is 62.3 Å². The molecule has 3 aliphatic heterocycles. The Morgan fingerprint density at radius 1 is 1.41 bits per heavy atom. The molecule has 34 heavy (non-hydrogen) atoms. The first kappa shape index (κ1) is 24.0. The van der Waals surface area contributed by atoms with Gasteiger partial charge in [0.2, 0.25) is 5.91 Å². The molecule has 0 saturated carbocycles. The number of esters is 1. The predicted octanol–water partition coefficient (Wildman–Crippen LogP) is 3.42. The highest BCUT2D eigenvalue weighted by Gasteiger charge is 2.41. The number of rotatable bonds is 8. The van der Waals surface area contributed by atoms with Gasteiger partial charge in [-0.25, -0.2) is 9.79 Å². The SMILES string of the molecule is CCOC(=O)C1=C(C)N=C2SC=C(CC(=O)NCC3CCCO3)N2C1c1cccc([N+](=O)[O-])c1. The molecule has 3 heterocycles. The molecule has 3 aliphatic rings. The molecule has 0 bridgehead atoms. The van der Waals surface area contributed by atoms with E-state index in [1.807, 2.05) is 5.41 Å². The maximum Gasteiger partial charge on any atom is 0.338 e. The van der Waals surface area contributed by atoms with Gasteiger partial charge >= 0.3 is 5.97 Å². The minimum absolute atomic E-state index is 0.0293. The summed E-state index contributed by atoms with van der Waals surface area (Å²) < 4.78 is 10.9. The lowest BCUT2D eigenvalue weighted by atomic mass is 9.93. The minimum Gasteiger partial charge on any atom is -0.463 e. The summed E-state index contributed by atoms with van der Waals surface area (Å²) in [7, 11) is 0. The molecule has 1 N–H and O–H groups in total. The summed E-state index contributed by atoms with van der Waals surface area (Å²) in [5.74, 6) is -0.719. The molecule has 180 valence electrons.